The van der Waals surface area contributed by atoms with Crippen molar-refractivity contribution in [2.24, 2.45) is 0 Å². The zero-order valence-corrected chi connectivity index (χ0v) is 16.0. The maximum absolute atomic E-state index is 14.7. The Labute approximate surface area is 165 Å². The molecule has 1 aromatic carbocycles. The van der Waals surface area contributed by atoms with Gasteiger partial charge in [-0.2, -0.15) is 4.98 Å². The molecule has 0 spiro atoms. The summed E-state index contributed by atoms with van der Waals surface area (Å²) in [6.07, 6.45) is 1.01. The van der Waals surface area contributed by atoms with Crippen molar-refractivity contribution in [2.45, 2.75) is 19.8 Å². The number of methoxy groups -OCH3 is 1. The van der Waals surface area contributed by atoms with Crippen LogP contribution in [0.3, 0.4) is 0 Å². The average Bonchev–Trinajstić information content (AvgIpc) is 3.08. The number of imidazole rings is 1. The van der Waals surface area contributed by atoms with Gasteiger partial charge in [0.15, 0.2) is 17.1 Å². The third-order valence-electron chi connectivity index (χ3n) is 4.50. The molecule has 0 saturated carbocycles. The first-order valence-corrected chi connectivity index (χ1v) is 9.17. The van der Waals surface area contributed by atoms with Gasteiger partial charge in [-0.25, -0.2) is 9.37 Å². The molecule has 0 aliphatic rings. The van der Waals surface area contributed by atoms with Crippen LogP contribution in [0.4, 0.5) is 8.78 Å². The van der Waals surface area contributed by atoms with Crippen LogP contribution in [-0.4, -0.2) is 45.0 Å². The van der Waals surface area contributed by atoms with E-state index >= 15 is 0 Å². The third kappa shape index (κ3) is 3.55. The van der Waals surface area contributed by atoms with Crippen molar-refractivity contribution < 1.29 is 18.3 Å². The smallest absolute Gasteiger partial charge is 0.215 e. The number of ether oxygens (including phenoxy) is 2. The van der Waals surface area contributed by atoms with Crippen LogP contribution in [0.25, 0.3) is 28.2 Å². The Bertz CT molecular complexity index is 1180. The van der Waals surface area contributed by atoms with Crippen molar-refractivity contribution in [3.05, 3.63) is 41.8 Å². The number of aromatic nitrogens is 5. The molecular weight excluding hydrogens is 380 g/mol. The summed E-state index contributed by atoms with van der Waals surface area (Å²) in [7, 11) is 1.52. The van der Waals surface area contributed by atoms with Crippen LogP contribution < -0.4 is 9.47 Å². The first-order chi connectivity index (χ1) is 14.1. The minimum Gasteiger partial charge on any atom is -0.494 e. The van der Waals surface area contributed by atoms with Crippen LogP contribution in [0.15, 0.2) is 30.3 Å². The highest BCUT2D eigenvalue weighted by Gasteiger charge is 2.19. The molecule has 3 aromatic heterocycles. The number of alkyl halides is 1. The van der Waals surface area contributed by atoms with E-state index < -0.39 is 5.82 Å². The molecule has 0 bridgehead atoms. The number of benzene rings is 1. The Balaban J connectivity index is 1.86. The molecule has 0 aliphatic heterocycles. The van der Waals surface area contributed by atoms with E-state index in [-0.39, 0.29) is 12.2 Å². The molecule has 7 nitrogen and oxygen atoms in total. The topological polar surface area (TPSA) is 74.4 Å². The van der Waals surface area contributed by atoms with Gasteiger partial charge < -0.3 is 9.47 Å². The molecule has 0 radical (unpaired) electrons. The van der Waals surface area contributed by atoms with E-state index in [2.05, 4.69) is 20.2 Å². The van der Waals surface area contributed by atoms with Gasteiger partial charge in [0.05, 0.1) is 31.6 Å². The molecule has 3 heterocycles. The van der Waals surface area contributed by atoms with Crippen molar-refractivity contribution >= 4 is 16.8 Å². The van der Waals surface area contributed by atoms with Crippen LogP contribution in [0.2, 0.25) is 0 Å². The van der Waals surface area contributed by atoms with E-state index in [4.69, 9.17) is 9.47 Å². The van der Waals surface area contributed by atoms with E-state index in [1.165, 1.54) is 19.2 Å². The number of fused-ring (bicyclic) bond motifs is 3. The number of pyridine rings is 1. The van der Waals surface area contributed by atoms with E-state index in [0.717, 1.165) is 0 Å². The minimum absolute atomic E-state index is 0.245. The van der Waals surface area contributed by atoms with Crippen LogP contribution in [0.1, 0.15) is 18.5 Å². The molecule has 0 amide bonds. The molecule has 4 aromatic rings. The number of hydrogen-bond acceptors (Lipinski definition) is 6. The van der Waals surface area contributed by atoms with Gasteiger partial charge in [-0.3, -0.25) is 8.79 Å². The highest BCUT2D eigenvalue weighted by atomic mass is 19.1. The van der Waals surface area contributed by atoms with Crippen molar-refractivity contribution in [1.29, 1.82) is 0 Å². The summed E-state index contributed by atoms with van der Waals surface area (Å²) in [5.41, 5.74) is 2.29. The Morgan fingerprint density at radius 2 is 1.90 bits per heavy atom. The zero-order valence-electron chi connectivity index (χ0n) is 16.0. The van der Waals surface area contributed by atoms with Crippen LogP contribution >= 0.6 is 0 Å². The molecule has 0 atom stereocenters. The summed E-state index contributed by atoms with van der Waals surface area (Å²) in [5, 5.41) is 8.39. The lowest BCUT2D eigenvalue weighted by atomic mass is 10.2. The number of nitrogens with zero attached hydrogens (tertiary/aromatic N) is 5. The summed E-state index contributed by atoms with van der Waals surface area (Å²) in [5.74, 6) is 0.756. The van der Waals surface area contributed by atoms with Crippen LogP contribution in [-0.2, 0) is 0 Å². The van der Waals surface area contributed by atoms with Crippen LogP contribution in [0.5, 0.6) is 11.6 Å². The molecular formula is C20H19F2N5O2. The fourth-order valence-corrected chi connectivity index (χ4v) is 3.05. The maximum atomic E-state index is 14.7. The van der Waals surface area contributed by atoms with E-state index in [9.17, 15) is 8.78 Å². The molecule has 0 fully saturated rings. The van der Waals surface area contributed by atoms with E-state index in [1.54, 1.807) is 29.5 Å². The first-order valence-electron chi connectivity index (χ1n) is 9.17. The summed E-state index contributed by atoms with van der Waals surface area (Å²) < 4.78 is 39.5. The summed E-state index contributed by atoms with van der Waals surface area (Å²) in [6, 6.07) is 7.84. The lowest BCUT2D eigenvalue weighted by molar-refractivity contribution is 0.297. The molecule has 29 heavy (non-hydrogen) atoms. The van der Waals surface area contributed by atoms with Crippen molar-refractivity contribution in [1.82, 2.24) is 24.6 Å². The molecule has 0 saturated heterocycles. The second-order valence-corrected chi connectivity index (χ2v) is 6.46. The predicted octanol–water partition coefficient (Wildman–Crippen LogP) is 3.92. The SMILES string of the molecule is COc1ccc2nnc3c(C)nc(-c4cc(OCCCCF)ccc4F)n3c2n1. The maximum Gasteiger partial charge on any atom is 0.215 e. The standard InChI is InChI=1S/C20H19F2N5O2/c1-12-18-26-25-16-7-8-17(28-2)24-20(16)27(18)19(23-12)14-11-13(5-6-15(14)22)29-10-4-3-9-21/h5-8,11H,3-4,9-10H2,1-2H3. The minimum atomic E-state index is -0.458. The predicted molar refractivity (Wildman–Crippen MR) is 103 cm³/mol. The van der Waals surface area contributed by atoms with Gasteiger partial charge in [0.2, 0.25) is 5.88 Å². The third-order valence-corrected chi connectivity index (χ3v) is 4.50. The largest absolute Gasteiger partial charge is 0.494 e. The lowest BCUT2D eigenvalue weighted by Gasteiger charge is -2.09. The number of rotatable bonds is 7. The van der Waals surface area contributed by atoms with E-state index in [0.29, 0.717) is 59.4 Å². The normalized spacial score (nSPS) is 11.3. The van der Waals surface area contributed by atoms with Gasteiger partial charge >= 0.3 is 0 Å². The van der Waals surface area contributed by atoms with Gasteiger partial charge in [-0.05, 0) is 44.0 Å². The average molecular weight is 399 g/mol. The Morgan fingerprint density at radius 3 is 2.69 bits per heavy atom. The van der Waals surface area contributed by atoms with Crippen molar-refractivity contribution in [3.8, 4) is 23.0 Å². The molecule has 0 unspecified atom stereocenters. The quantitative estimate of drug-likeness (QED) is 0.439. The zero-order chi connectivity index (χ0) is 20.4. The number of unbranched alkanes of at least 4 members (excludes halogenated alkanes) is 1. The van der Waals surface area contributed by atoms with Gasteiger partial charge in [0, 0.05) is 6.07 Å². The highest BCUT2D eigenvalue weighted by Crippen LogP contribution is 2.30. The molecule has 9 heteroatoms. The number of aryl methyl sites for hydroxylation is 1. The molecule has 0 N–H and O–H groups in total. The molecule has 0 aliphatic carbocycles. The van der Waals surface area contributed by atoms with Crippen molar-refractivity contribution in [2.75, 3.05) is 20.4 Å². The van der Waals surface area contributed by atoms with Gasteiger partial charge in [-0.15, -0.1) is 10.2 Å². The monoisotopic (exact) mass is 399 g/mol. The van der Waals surface area contributed by atoms with Gasteiger partial charge in [0.25, 0.3) is 0 Å². The van der Waals surface area contributed by atoms with Crippen LogP contribution in [0, 0.1) is 12.7 Å². The first kappa shape index (κ1) is 19.0. The number of hydrogen-bond donors (Lipinski definition) is 0. The number of halogens is 2. The molecule has 150 valence electrons. The highest BCUT2D eigenvalue weighted by molar-refractivity contribution is 5.78. The van der Waals surface area contributed by atoms with Gasteiger partial charge in [-0.1, -0.05) is 0 Å². The summed E-state index contributed by atoms with van der Waals surface area (Å²) in [6.45, 7) is 1.74. The van der Waals surface area contributed by atoms with Gasteiger partial charge in [0.1, 0.15) is 17.1 Å². The Morgan fingerprint density at radius 1 is 1.03 bits per heavy atom. The Kier molecular flexibility index (Phi) is 5.20. The van der Waals surface area contributed by atoms with Crippen molar-refractivity contribution in [3.63, 3.8) is 0 Å². The Hall–Kier alpha value is -3.36. The van der Waals surface area contributed by atoms with E-state index in [1.807, 2.05) is 0 Å². The lowest BCUT2D eigenvalue weighted by Crippen LogP contribution is -2.02. The second kappa shape index (κ2) is 7.94. The fraction of sp³-hybridized carbons (Fsp3) is 0.300. The second-order valence-electron chi connectivity index (χ2n) is 6.46. The summed E-state index contributed by atoms with van der Waals surface area (Å²) in [4.78, 5) is 8.96. The fourth-order valence-electron chi connectivity index (χ4n) is 3.05. The molecule has 4 rings (SSSR count). The summed E-state index contributed by atoms with van der Waals surface area (Å²) >= 11 is 0.